The molecule has 0 bridgehead atoms. The lowest BCUT2D eigenvalue weighted by Gasteiger charge is -2.19. The Morgan fingerprint density at radius 2 is 2.00 bits per heavy atom. The number of rotatable bonds is 2. The van der Waals surface area contributed by atoms with Crippen LogP contribution in [0.4, 0.5) is 0 Å². The molecule has 0 radical (unpaired) electrons. The normalized spacial score (nSPS) is 12.0. The van der Waals surface area contributed by atoms with Crippen LogP contribution >= 0.6 is 0 Å². The van der Waals surface area contributed by atoms with Gasteiger partial charge in [0.15, 0.2) is 0 Å². The molecule has 3 nitrogen and oxygen atoms in total. The van der Waals surface area contributed by atoms with Crippen molar-refractivity contribution in [3.63, 3.8) is 0 Å². The molecule has 2 N–H and O–H groups in total. The van der Waals surface area contributed by atoms with Gasteiger partial charge in [0.2, 0.25) is 0 Å². The Hall–Kier alpha value is -1.77. The lowest BCUT2D eigenvalue weighted by Crippen LogP contribution is -2.10. The van der Waals surface area contributed by atoms with Gasteiger partial charge >= 0.3 is 5.97 Å². The Morgan fingerprint density at radius 1 is 1.33 bits per heavy atom. The van der Waals surface area contributed by atoms with Crippen LogP contribution in [0, 0.1) is 0 Å². The van der Waals surface area contributed by atoms with E-state index >= 15 is 0 Å². The van der Waals surface area contributed by atoms with Crippen molar-refractivity contribution < 1.29 is 9.90 Å². The first-order valence-electron chi connectivity index (χ1n) is 6.23. The second-order valence-corrected chi connectivity index (χ2v) is 5.65. The molecule has 0 aliphatic rings. The molecular weight excluding hydrogens is 226 g/mol. The molecule has 0 aliphatic heterocycles. The summed E-state index contributed by atoms with van der Waals surface area (Å²) in [7, 11) is 0. The topological polar surface area (TPSA) is 53.1 Å². The van der Waals surface area contributed by atoms with Gasteiger partial charge in [0.1, 0.15) is 5.69 Å². The quantitative estimate of drug-likeness (QED) is 0.847. The maximum absolute atomic E-state index is 11.2. The van der Waals surface area contributed by atoms with E-state index in [-0.39, 0.29) is 5.41 Å². The predicted molar refractivity (Wildman–Crippen MR) is 73.3 cm³/mol. The van der Waals surface area contributed by atoms with E-state index in [4.69, 9.17) is 0 Å². The fraction of sp³-hybridized carbons (Fsp3) is 0.400. The van der Waals surface area contributed by atoms with Gasteiger partial charge in [-0.05, 0) is 35.1 Å². The summed E-state index contributed by atoms with van der Waals surface area (Å²) >= 11 is 0. The SMILES string of the molecule is CCc1c(C(=O)O)[nH]c2ccc(C(C)(C)C)cc12. The van der Waals surface area contributed by atoms with Crippen molar-refractivity contribution in [1.29, 1.82) is 0 Å². The van der Waals surface area contributed by atoms with Crippen LogP contribution in [0.3, 0.4) is 0 Å². The van der Waals surface area contributed by atoms with E-state index in [1.165, 1.54) is 5.56 Å². The maximum Gasteiger partial charge on any atom is 0.352 e. The van der Waals surface area contributed by atoms with Gasteiger partial charge in [-0.3, -0.25) is 0 Å². The smallest absolute Gasteiger partial charge is 0.352 e. The van der Waals surface area contributed by atoms with Crippen LogP contribution in [0.1, 0.15) is 49.3 Å². The number of aromatic nitrogens is 1. The molecule has 1 aromatic heterocycles. The molecule has 18 heavy (non-hydrogen) atoms. The van der Waals surface area contributed by atoms with Gasteiger partial charge in [0.05, 0.1) is 0 Å². The van der Waals surface area contributed by atoms with Gasteiger partial charge < -0.3 is 10.1 Å². The van der Waals surface area contributed by atoms with Crippen molar-refractivity contribution in [3.8, 4) is 0 Å². The zero-order chi connectivity index (χ0) is 13.5. The molecule has 3 heteroatoms. The molecule has 0 unspecified atom stereocenters. The first-order chi connectivity index (χ1) is 8.34. The number of carboxylic acids is 1. The highest BCUT2D eigenvalue weighted by Crippen LogP contribution is 2.29. The number of hydrogen-bond acceptors (Lipinski definition) is 1. The van der Waals surface area contributed by atoms with Crippen molar-refractivity contribution >= 4 is 16.9 Å². The van der Waals surface area contributed by atoms with E-state index in [1.54, 1.807) is 0 Å². The minimum atomic E-state index is -0.889. The van der Waals surface area contributed by atoms with Crippen molar-refractivity contribution in [3.05, 3.63) is 35.0 Å². The molecular formula is C15H19NO2. The number of carboxylic acid groups (broad SMARTS) is 1. The average Bonchev–Trinajstić information content (AvgIpc) is 2.65. The lowest BCUT2D eigenvalue weighted by atomic mass is 9.86. The number of H-pyrrole nitrogens is 1. The molecule has 1 aromatic carbocycles. The van der Waals surface area contributed by atoms with Crippen LogP contribution in [-0.2, 0) is 11.8 Å². The van der Waals surface area contributed by atoms with Gasteiger partial charge in [0, 0.05) is 10.9 Å². The van der Waals surface area contributed by atoms with Gasteiger partial charge in [-0.1, -0.05) is 33.8 Å². The van der Waals surface area contributed by atoms with E-state index in [0.717, 1.165) is 22.9 Å². The number of aromatic carboxylic acids is 1. The van der Waals surface area contributed by atoms with Crippen LogP contribution in [0.25, 0.3) is 10.9 Å². The molecule has 0 spiro atoms. The molecule has 0 fully saturated rings. The number of benzene rings is 1. The van der Waals surface area contributed by atoms with Crippen molar-refractivity contribution in [1.82, 2.24) is 4.98 Å². The summed E-state index contributed by atoms with van der Waals surface area (Å²) in [5, 5.41) is 10.2. The van der Waals surface area contributed by atoms with Gasteiger partial charge in [0.25, 0.3) is 0 Å². The number of nitrogens with one attached hydrogen (secondary N) is 1. The summed E-state index contributed by atoms with van der Waals surface area (Å²) < 4.78 is 0. The van der Waals surface area contributed by atoms with Crippen molar-refractivity contribution in [2.75, 3.05) is 0 Å². The third kappa shape index (κ3) is 2.01. The fourth-order valence-electron chi connectivity index (χ4n) is 2.26. The summed E-state index contributed by atoms with van der Waals surface area (Å²) in [5.41, 5.74) is 3.40. The number of aryl methyl sites for hydroxylation is 1. The fourth-order valence-corrected chi connectivity index (χ4v) is 2.26. The molecule has 1 heterocycles. The zero-order valence-corrected chi connectivity index (χ0v) is 11.3. The molecule has 2 aromatic rings. The average molecular weight is 245 g/mol. The minimum absolute atomic E-state index is 0.0693. The number of carbonyl (C=O) groups is 1. The Bertz CT molecular complexity index is 603. The summed E-state index contributed by atoms with van der Waals surface area (Å²) in [4.78, 5) is 14.2. The van der Waals surface area contributed by atoms with Crippen LogP contribution in [0.5, 0.6) is 0 Å². The van der Waals surface area contributed by atoms with Gasteiger partial charge in [-0.2, -0.15) is 0 Å². The summed E-state index contributed by atoms with van der Waals surface area (Å²) in [6.45, 7) is 8.46. The molecule has 0 aliphatic carbocycles. The van der Waals surface area contributed by atoms with Crippen LogP contribution in [0.2, 0.25) is 0 Å². The third-order valence-electron chi connectivity index (χ3n) is 3.34. The first-order valence-corrected chi connectivity index (χ1v) is 6.23. The number of hydrogen-bond donors (Lipinski definition) is 2. The Kier molecular flexibility index (Phi) is 2.93. The Morgan fingerprint density at radius 3 is 2.50 bits per heavy atom. The predicted octanol–water partition coefficient (Wildman–Crippen LogP) is 3.73. The summed E-state index contributed by atoms with van der Waals surface area (Å²) in [5.74, 6) is -0.889. The van der Waals surface area contributed by atoms with Gasteiger partial charge in [-0.25, -0.2) is 4.79 Å². The largest absolute Gasteiger partial charge is 0.477 e. The molecule has 0 saturated heterocycles. The highest BCUT2D eigenvalue weighted by Gasteiger charge is 2.19. The van der Waals surface area contributed by atoms with Crippen LogP contribution in [-0.4, -0.2) is 16.1 Å². The molecule has 0 amide bonds. The van der Waals surface area contributed by atoms with E-state index < -0.39 is 5.97 Å². The number of fused-ring (bicyclic) bond motifs is 1. The van der Waals surface area contributed by atoms with Crippen LogP contribution < -0.4 is 0 Å². The summed E-state index contributed by atoms with van der Waals surface area (Å²) in [6.07, 6.45) is 0.717. The second-order valence-electron chi connectivity index (χ2n) is 5.65. The Balaban J connectivity index is 2.72. The van der Waals surface area contributed by atoms with Gasteiger partial charge in [-0.15, -0.1) is 0 Å². The number of aromatic amines is 1. The highest BCUT2D eigenvalue weighted by atomic mass is 16.4. The lowest BCUT2D eigenvalue weighted by molar-refractivity contribution is 0.0690. The Labute approximate surface area is 107 Å². The van der Waals surface area contributed by atoms with E-state index in [9.17, 15) is 9.90 Å². The van der Waals surface area contributed by atoms with Crippen molar-refractivity contribution in [2.45, 2.75) is 39.5 Å². The monoisotopic (exact) mass is 245 g/mol. The van der Waals surface area contributed by atoms with E-state index in [0.29, 0.717) is 5.69 Å². The maximum atomic E-state index is 11.2. The zero-order valence-electron chi connectivity index (χ0n) is 11.3. The van der Waals surface area contributed by atoms with Crippen LogP contribution in [0.15, 0.2) is 18.2 Å². The molecule has 0 saturated carbocycles. The molecule has 0 atom stereocenters. The first kappa shape index (κ1) is 12.7. The van der Waals surface area contributed by atoms with E-state index in [2.05, 4.69) is 37.9 Å². The molecule has 2 rings (SSSR count). The highest BCUT2D eigenvalue weighted by molar-refractivity contribution is 5.97. The summed E-state index contributed by atoms with van der Waals surface area (Å²) in [6, 6.07) is 6.14. The third-order valence-corrected chi connectivity index (χ3v) is 3.34. The molecule has 96 valence electrons. The van der Waals surface area contributed by atoms with E-state index in [1.807, 2.05) is 13.0 Å². The second kappa shape index (κ2) is 4.16. The minimum Gasteiger partial charge on any atom is -0.477 e. The van der Waals surface area contributed by atoms with Crippen molar-refractivity contribution in [2.24, 2.45) is 0 Å². The standard InChI is InChI=1S/C15H19NO2/c1-5-10-11-8-9(15(2,3)4)6-7-12(11)16-13(10)14(17)18/h6-8,16H,5H2,1-4H3,(H,17,18).